The molecule has 8 nitrogen and oxygen atoms in total. The Kier molecular flexibility index (Phi) is 5.93. The van der Waals surface area contributed by atoms with Crippen molar-refractivity contribution in [2.45, 2.75) is 13.1 Å². The zero-order valence-electron chi connectivity index (χ0n) is 18.6. The highest BCUT2D eigenvalue weighted by molar-refractivity contribution is 5.91. The summed E-state index contributed by atoms with van der Waals surface area (Å²) >= 11 is 0. The maximum absolute atomic E-state index is 13.3. The first-order chi connectivity index (χ1) is 16.1. The lowest BCUT2D eigenvalue weighted by Gasteiger charge is -2.26. The standard InChI is InChI=1S/C25H26N4O4/c1-32-23-5-3-2-4-18(23)17-29-9-7-22-20(25(29)31)16-19-21(26-22)6-8-28(24(19)30)11-10-27-12-14-33-15-13-27/h2-9,16H,10-15,17H2,1H3. The Bertz CT molecular complexity index is 1420. The largest absolute Gasteiger partial charge is 0.496 e. The molecule has 1 saturated heterocycles. The van der Waals surface area contributed by atoms with E-state index in [0.717, 1.165) is 44.2 Å². The average molecular weight is 447 g/mol. The second-order valence-corrected chi connectivity index (χ2v) is 8.18. The molecular formula is C25H26N4O4. The lowest BCUT2D eigenvalue weighted by molar-refractivity contribution is 0.0363. The van der Waals surface area contributed by atoms with Gasteiger partial charge in [0.1, 0.15) is 5.75 Å². The lowest BCUT2D eigenvalue weighted by Crippen LogP contribution is -2.39. The van der Waals surface area contributed by atoms with Gasteiger partial charge in [-0.1, -0.05) is 18.2 Å². The summed E-state index contributed by atoms with van der Waals surface area (Å²) in [6, 6.07) is 13.0. The molecule has 4 heterocycles. The van der Waals surface area contributed by atoms with Crippen molar-refractivity contribution in [1.29, 1.82) is 0 Å². The molecule has 33 heavy (non-hydrogen) atoms. The summed E-state index contributed by atoms with van der Waals surface area (Å²) in [6.45, 7) is 4.93. The van der Waals surface area contributed by atoms with Crippen molar-refractivity contribution in [3.8, 4) is 5.75 Å². The molecule has 170 valence electrons. The predicted octanol–water partition coefficient (Wildman–Crippen LogP) is 2.10. The minimum atomic E-state index is -0.184. The fraction of sp³-hybridized carbons (Fsp3) is 0.320. The fourth-order valence-corrected chi connectivity index (χ4v) is 4.30. The van der Waals surface area contributed by atoms with Crippen LogP contribution in [0.5, 0.6) is 5.75 Å². The number of hydrogen-bond donors (Lipinski definition) is 0. The first kappa shape index (κ1) is 21.4. The van der Waals surface area contributed by atoms with Crippen molar-refractivity contribution < 1.29 is 9.47 Å². The summed E-state index contributed by atoms with van der Waals surface area (Å²) in [6.07, 6.45) is 3.52. The molecule has 1 aliphatic rings. The Labute approximate surface area is 190 Å². The van der Waals surface area contributed by atoms with Gasteiger partial charge in [0.2, 0.25) is 0 Å². The number of ether oxygens (including phenoxy) is 2. The van der Waals surface area contributed by atoms with Crippen molar-refractivity contribution in [2.75, 3.05) is 40.0 Å². The molecule has 0 saturated carbocycles. The zero-order chi connectivity index (χ0) is 22.8. The Morgan fingerprint density at radius 3 is 2.30 bits per heavy atom. The SMILES string of the molecule is COc1ccccc1Cn1ccc2nc3ccn(CCN4CCOCC4)c(=O)c3cc2c1=O. The number of benzene rings is 1. The number of para-hydroxylation sites is 1. The Hall–Kier alpha value is -3.49. The number of methoxy groups -OCH3 is 1. The highest BCUT2D eigenvalue weighted by Gasteiger charge is 2.13. The van der Waals surface area contributed by atoms with Gasteiger partial charge in [-0.05, 0) is 24.3 Å². The van der Waals surface area contributed by atoms with Crippen LogP contribution in [-0.4, -0.2) is 59.0 Å². The van der Waals surface area contributed by atoms with Gasteiger partial charge in [-0.25, -0.2) is 4.98 Å². The first-order valence-corrected chi connectivity index (χ1v) is 11.1. The van der Waals surface area contributed by atoms with Gasteiger partial charge in [-0.2, -0.15) is 0 Å². The van der Waals surface area contributed by atoms with E-state index in [4.69, 9.17) is 9.47 Å². The van der Waals surface area contributed by atoms with E-state index in [1.54, 1.807) is 34.7 Å². The van der Waals surface area contributed by atoms with Crippen molar-refractivity contribution >= 4 is 21.8 Å². The van der Waals surface area contributed by atoms with E-state index < -0.39 is 0 Å². The van der Waals surface area contributed by atoms with E-state index in [2.05, 4.69) is 9.88 Å². The average Bonchev–Trinajstić information content (AvgIpc) is 2.86. The molecule has 0 N–H and O–H groups in total. The minimum Gasteiger partial charge on any atom is -0.496 e. The van der Waals surface area contributed by atoms with E-state index in [1.165, 1.54) is 0 Å². The van der Waals surface area contributed by atoms with Gasteiger partial charge in [0, 0.05) is 44.1 Å². The first-order valence-electron chi connectivity index (χ1n) is 11.1. The van der Waals surface area contributed by atoms with Gasteiger partial charge >= 0.3 is 0 Å². The van der Waals surface area contributed by atoms with Crippen LogP contribution in [0.15, 0.2) is 64.4 Å². The Balaban J connectivity index is 1.50. The second kappa shape index (κ2) is 9.17. The molecule has 0 radical (unpaired) electrons. The van der Waals surface area contributed by atoms with Gasteiger partial charge in [-0.3, -0.25) is 14.5 Å². The third kappa shape index (κ3) is 4.27. The second-order valence-electron chi connectivity index (χ2n) is 8.18. The van der Waals surface area contributed by atoms with Crippen LogP contribution in [-0.2, 0) is 17.8 Å². The number of rotatable bonds is 6. The zero-order valence-corrected chi connectivity index (χ0v) is 18.6. The Morgan fingerprint density at radius 1 is 0.909 bits per heavy atom. The number of pyridine rings is 3. The third-order valence-corrected chi connectivity index (χ3v) is 6.18. The third-order valence-electron chi connectivity index (χ3n) is 6.18. The van der Waals surface area contributed by atoms with E-state index in [0.29, 0.717) is 34.9 Å². The van der Waals surface area contributed by atoms with Gasteiger partial charge in [0.15, 0.2) is 0 Å². The molecule has 3 aromatic heterocycles. The van der Waals surface area contributed by atoms with Crippen LogP contribution < -0.4 is 15.9 Å². The van der Waals surface area contributed by atoms with E-state index in [1.807, 2.05) is 36.4 Å². The van der Waals surface area contributed by atoms with Crippen molar-refractivity contribution in [3.05, 3.63) is 81.1 Å². The molecule has 0 atom stereocenters. The van der Waals surface area contributed by atoms with Crippen molar-refractivity contribution in [3.63, 3.8) is 0 Å². The highest BCUT2D eigenvalue weighted by atomic mass is 16.5. The van der Waals surface area contributed by atoms with E-state index in [-0.39, 0.29) is 11.1 Å². The predicted molar refractivity (Wildman–Crippen MR) is 127 cm³/mol. The molecule has 0 bridgehead atoms. The normalized spacial score (nSPS) is 14.7. The summed E-state index contributed by atoms with van der Waals surface area (Å²) in [4.78, 5) is 33.3. The molecule has 1 fully saturated rings. The van der Waals surface area contributed by atoms with Gasteiger partial charge in [0.25, 0.3) is 11.1 Å². The number of nitrogens with zero attached hydrogens (tertiary/aromatic N) is 4. The number of aromatic nitrogens is 3. The van der Waals surface area contributed by atoms with Gasteiger partial charge in [0.05, 0.1) is 48.7 Å². The highest BCUT2D eigenvalue weighted by Crippen LogP contribution is 2.19. The van der Waals surface area contributed by atoms with Crippen LogP contribution >= 0.6 is 0 Å². The van der Waals surface area contributed by atoms with Crippen LogP contribution in [0.4, 0.5) is 0 Å². The van der Waals surface area contributed by atoms with Crippen LogP contribution in [0.25, 0.3) is 21.8 Å². The molecule has 5 rings (SSSR count). The maximum atomic E-state index is 13.3. The molecular weight excluding hydrogens is 420 g/mol. The lowest BCUT2D eigenvalue weighted by atomic mass is 10.1. The molecule has 8 heteroatoms. The molecule has 0 unspecified atom stereocenters. The molecule has 0 spiro atoms. The number of morpholine rings is 1. The quantitative estimate of drug-likeness (QED) is 0.422. The van der Waals surface area contributed by atoms with E-state index in [9.17, 15) is 9.59 Å². The summed E-state index contributed by atoms with van der Waals surface area (Å²) in [5.41, 5.74) is 1.76. The summed E-state index contributed by atoms with van der Waals surface area (Å²) < 4.78 is 14.1. The molecule has 0 aliphatic carbocycles. The molecule has 1 aromatic carbocycles. The monoisotopic (exact) mass is 446 g/mol. The van der Waals surface area contributed by atoms with Gasteiger partial charge in [-0.15, -0.1) is 0 Å². The molecule has 1 aliphatic heterocycles. The van der Waals surface area contributed by atoms with Crippen LogP contribution in [0.2, 0.25) is 0 Å². The van der Waals surface area contributed by atoms with Crippen molar-refractivity contribution in [2.24, 2.45) is 0 Å². The van der Waals surface area contributed by atoms with Crippen molar-refractivity contribution in [1.82, 2.24) is 19.0 Å². The topological polar surface area (TPSA) is 78.6 Å². The van der Waals surface area contributed by atoms with Crippen LogP contribution in [0.1, 0.15) is 5.56 Å². The smallest absolute Gasteiger partial charge is 0.260 e. The summed E-state index contributed by atoms with van der Waals surface area (Å²) in [7, 11) is 1.61. The minimum absolute atomic E-state index is 0.130. The van der Waals surface area contributed by atoms with Gasteiger partial charge < -0.3 is 18.6 Å². The fourth-order valence-electron chi connectivity index (χ4n) is 4.30. The van der Waals surface area contributed by atoms with Crippen LogP contribution in [0, 0.1) is 0 Å². The summed E-state index contributed by atoms with van der Waals surface area (Å²) in [5, 5.41) is 0.891. The summed E-state index contributed by atoms with van der Waals surface area (Å²) in [5.74, 6) is 0.726. The molecule has 0 amide bonds. The van der Waals surface area contributed by atoms with Crippen LogP contribution in [0.3, 0.4) is 0 Å². The Morgan fingerprint density at radius 2 is 1.58 bits per heavy atom. The maximum Gasteiger partial charge on any atom is 0.260 e. The molecule has 4 aromatic rings. The number of fused-ring (bicyclic) bond motifs is 2. The van der Waals surface area contributed by atoms with E-state index >= 15 is 0 Å². The number of hydrogen-bond acceptors (Lipinski definition) is 6.